The maximum Gasteiger partial charge on any atom is 0.309 e. The zero-order valence-electron chi connectivity index (χ0n) is 13.7. The van der Waals surface area contributed by atoms with Crippen LogP contribution < -0.4 is 10.1 Å². The first-order valence-electron chi connectivity index (χ1n) is 7.76. The number of carbonyl (C=O) groups excluding carboxylic acids is 2. The molecule has 1 N–H and O–H groups in total. The topological polar surface area (TPSA) is 64.6 Å². The van der Waals surface area contributed by atoms with E-state index in [1.807, 2.05) is 30.3 Å². The van der Waals surface area contributed by atoms with Gasteiger partial charge < -0.3 is 14.8 Å². The molecule has 0 aliphatic carbocycles. The van der Waals surface area contributed by atoms with Crippen molar-refractivity contribution in [2.45, 2.75) is 12.8 Å². The molecule has 1 amide bonds. The Kier molecular flexibility index (Phi) is 6.83. The first kappa shape index (κ1) is 17.5. The van der Waals surface area contributed by atoms with E-state index < -0.39 is 0 Å². The number of hydrogen-bond donors (Lipinski definition) is 1. The van der Waals surface area contributed by atoms with Crippen LogP contribution in [0, 0.1) is 0 Å². The first-order valence-corrected chi connectivity index (χ1v) is 7.76. The molecule has 2 rings (SSSR count). The molecule has 0 heterocycles. The smallest absolute Gasteiger partial charge is 0.309 e. The molecule has 0 saturated heterocycles. The zero-order valence-corrected chi connectivity index (χ0v) is 13.7. The first-order chi connectivity index (χ1) is 11.7. The monoisotopic (exact) mass is 327 g/mol. The Morgan fingerprint density at radius 1 is 0.958 bits per heavy atom. The Balaban J connectivity index is 1.68. The summed E-state index contributed by atoms with van der Waals surface area (Å²) in [6.45, 7) is 0.537. The Bertz CT molecular complexity index is 653. The van der Waals surface area contributed by atoms with E-state index in [0.717, 1.165) is 12.0 Å². The maximum absolute atomic E-state index is 11.8. The molecule has 24 heavy (non-hydrogen) atoms. The van der Waals surface area contributed by atoms with Gasteiger partial charge in [-0.3, -0.25) is 9.59 Å². The molecule has 5 nitrogen and oxygen atoms in total. The Hall–Kier alpha value is -2.82. The lowest BCUT2D eigenvalue weighted by molar-refractivity contribution is -0.139. The van der Waals surface area contributed by atoms with Gasteiger partial charge in [-0.25, -0.2) is 0 Å². The third-order valence-corrected chi connectivity index (χ3v) is 3.45. The van der Waals surface area contributed by atoms with Crippen molar-refractivity contribution in [3.05, 3.63) is 65.7 Å². The summed E-state index contributed by atoms with van der Waals surface area (Å²) in [6, 6.07) is 17.0. The van der Waals surface area contributed by atoms with Crippen molar-refractivity contribution in [3.63, 3.8) is 0 Å². The molecule has 0 aliphatic rings. The highest BCUT2D eigenvalue weighted by Gasteiger charge is 2.05. The number of carbonyl (C=O) groups is 2. The summed E-state index contributed by atoms with van der Waals surface area (Å²) < 4.78 is 10.0. The lowest BCUT2D eigenvalue weighted by atomic mass is 10.1. The Morgan fingerprint density at radius 3 is 2.33 bits per heavy atom. The van der Waals surface area contributed by atoms with Crippen LogP contribution in [-0.2, 0) is 27.2 Å². The number of nitrogens with one attached hydrogen (secondary N) is 1. The molecule has 0 bridgehead atoms. The molecular weight excluding hydrogens is 306 g/mol. The molecule has 5 heteroatoms. The van der Waals surface area contributed by atoms with E-state index in [1.54, 1.807) is 24.3 Å². The number of benzene rings is 2. The van der Waals surface area contributed by atoms with Gasteiger partial charge in [0.15, 0.2) is 6.61 Å². The number of ether oxygens (including phenoxy) is 2. The van der Waals surface area contributed by atoms with Crippen molar-refractivity contribution in [2.75, 3.05) is 20.3 Å². The standard InChI is InChI=1S/C19H21NO4/c1-23-19(22)13-16-7-9-17(10-8-16)24-14-18(21)20-12-11-15-5-3-2-4-6-15/h2-10H,11-14H2,1H3,(H,20,21). The summed E-state index contributed by atoms with van der Waals surface area (Å²) in [7, 11) is 1.36. The summed E-state index contributed by atoms with van der Waals surface area (Å²) in [4.78, 5) is 22.9. The van der Waals surface area contributed by atoms with Crippen LogP contribution in [0.1, 0.15) is 11.1 Å². The lowest BCUT2D eigenvalue weighted by Gasteiger charge is -2.08. The molecule has 0 unspecified atom stereocenters. The highest BCUT2D eigenvalue weighted by molar-refractivity contribution is 5.77. The van der Waals surface area contributed by atoms with Crippen LogP contribution in [0.4, 0.5) is 0 Å². The van der Waals surface area contributed by atoms with Gasteiger partial charge in [0.25, 0.3) is 5.91 Å². The number of amides is 1. The van der Waals surface area contributed by atoms with Gasteiger partial charge in [0.05, 0.1) is 13.5 Å². The minimum atomic E-state index is -0.290. The number of methoxy groups -OCH3 is 1. The Labute approximate surface area is 141 Å². The molecule has 0 aliphatic heterocycles. The average molecular weight is 327 g/mol. The van der Waals surface area contributed by atoms with Crippen molar-refractivity contribution in [3.8, 4) is 5.75 Å². The summed E-state index contributed by atoms with van der Waals surface area (Å²) >= 11 is 0. The molecule has 0 aromatic heterocycles. The van der Waals surface area contributed by atoms with Gasteiger partial charge in [0, 0.05) is 6.54 Å². The van der Waals surface area contributed by atoms with E-state index in [4.69, 9.17) is 4.74 Å². The summed E-state index contributed by atoms with van der Waals surface area (Å²) in [6.07, 6.45) is 1.01. The van der Waals surface area contributed by atoms with E-state index in [1.165, 1.54) is 12.7 Å². The van der Waals surface area contributed by atoms with Gasteiger partial charge in [-0.2, -0.15) is 0 Å². The molecule has 0 radical (unpaired) electrons. The normalized spacial score (nSPS) is 10.0. The second kappa shape index (κ2) is 9.35. The molecule has 126 valence electrons. The molecule has 0 atom stereocenters. The number of rotatable bonds is 8. The molecule has 2 aromatic carbocycles. The average Bonchev–Trinajstić information content (AvgIpc) is 2.62. The number of hydrogen-bond acceptors (Lipinski definition) is 4. The fourth-order valence-corrected chi connectivity index (χ4v) is 2.13. The quantitative estimate of drug-likeness (QED) is 0.755. The summed E-state index contributed by atoms with van der Waals surface area (Å²) in [5.41, 5.74) is 2.02. The largest absolute Gasteiger partial charge is 0.484 e. The highest BCUT2D eigenvalue weighted by Crippen LogP contribution is 2.12. The van der Waals surface area contributed by atoms with Crippen molar-refractivity contribution in [2.24, 2.45) is 0 Å². The van der Waals surface area contributed by atoms with Gasteiger partial charge in [-0.05, 0) is 29.7 Å². The second-order valence-corrected chi connectivity index (χ2v) is 5.27. The highest BCUT2D eigenvalue weighted by atomic mass is 16.5. The summed E-state index contributed by atoms with van der Waals surface area (Å²) in [5, 5.41) is 2.82. The van der Waals surface area contributed by atoms with Crippen LogP contribution >= 0.6 is 0 Å². The van der Waals surface area contributed by atoms with E-state index in [-0.39, 0.29) is 24.9 Å². The maximum atomic E-state index is 11.8. The van der Waals surface area contributed by atoms with Crippen molar-refractivity contribution in [1.82, 2.24) is 5.32 Å². The van der Waals surface area contributed by atoms with Crippen LogP contribution in [0.3, 0.4) is 0 Å². The molecule has 0 saturated carbocycles. The fourth-order valence-electron chi connectivity index (χ4n) is 2.13. The van der Waals surface area contributed by atoms with Crippen molar-refractivity contribution >= 4 is 11.9 Å². The molecule has 2 aromatic rings. The van der Waals surface area contributed by atoms with Gasteiger partial charge in [-0.1, -0.05) is 42.5 Å². The fraction of sp³-hybridized carbons (Fsp3) is 0.263. The summed E-state index contributed by atoms with van der Waals surface area (Å²) in [5.74, 6) is 0.132. The van der Waals surface area contributed by atoms with Crippen LogP contribution in [0.5, 0.6) is 5.75 Å². The van der Waals surface area contributed by atoms with Crippen LogP contribution in [-0.4, -0.2) is 32.1 Å². The zero-order chi connectivity index (χ0) is 17.2. The lowest BCUT2D eigenvalue weighted by Crippen LogP contribution is -2.30. The predicted molar refractivity (Wildman–Crippen MR) is 90.8 cm³/mol. The van der Waals surface area contributed by atoms with Gasteiger partial charge in [-0.15, -0.1) is 0 Å². The Morgan fingerprint density at radius 2 is 1.67 bits per heavy atom. The van der Waals surface area contributed by atoms with E-state index in [9.17, 15) is 9.59 Å². The van der Waals surface area contributed by atoms with Crippen molar-refractivity contribution < 1.29 is 19.1 Å². The second-order valence-electron chi connectivity index (χ2n) is 5.27. The van der Waals surface area contributed by atoms with E-state index in [0.29, 0.717) is 12.3 Å². The minimum Gasteiger partial charge on any atom is -0.484 e. The third-order valence-electron chi connectivity index (χ3n) is 3.45. The number of esters is 1. The predicted octanol–water partition coefficient (Wildman–Crippen LogP) is 2.14. The third kappa shape index (κ3) is 6.12. The van der Waals surface area contributed by atoms with Crippen molar-refractivity contribution in [1.29, 1.82) is 0 Å². The van der Waals surface area contributed by atoms with Crippen LogP contribution in [0.15, 0.2) is 54.6 Å². The van der Waals surface area contributed by atoms with Gasteiger partial charge in [0.2, 0.25) is 0 Å². The molecular formula is C19H21NO4. The molecule has 0 spiro atoms. The van der Waals surface area contributed by atoms with Gasteiger partial charge >= 0.3 is 5.97 Å². The minimum absolute atomic E-state index is 0.0366. The van der Waals surface area contributed by atoms with Gasteiger partial charge in [0.1, 0.15) is 5.75 Å². The van der Waals surface area contributed by atoms with E-state index >= 15 is 0 Å². The SMILES string of the molecule is COC(=O)Cc1ccc(OCC(=O)NCCc2ccccc2)cc1. The molecule has 0 fully saturated rings. The van der Waals surface area contributed by atoms with E-state index in [2.05, 4.69) is 10.1 Å². The van der Waals surface area contributed by atoms with Crippen LogP contribution in [0.2, 0.25) is 0 Å². The van der Waals surface area contributed by atoms with Crippen LogP contribution in [0.25, 0.3) is 0 Å².